The molecule has 0 N–H and O–H groups in total. The van der Waals surface area contributed by atoms with Crippen molar-refractivity contribution in [3.63, 3.8) is 0 Å². The van der Waals surface area contributed by atoms with Crippen molar-refractivity contribution in [2.24, 2.45) is 0 Å². The van der Waals surface area contributed by atoms with Crippen molar-refractivity contribution in [2.45, 2.75) is 13.8 Å². The minimum atomic E-state index is -0.208. The summed E-state index contributed by atoms with van der Waals surface area (Å²) in [5.74, 6) is 0.932. The first-order valence-corrected chi connectivity index (χ1v) is 12.0. The molecule has 0 radical (unpaired) electrons. The molecule has 1 fully saturated rings. The smallest absolute Gasteiger partial charge is 0.276 e. The number of amides is 1. The summed E-state index contributed by atoms with van der Waals surface area (Å²) >= 11 is 12.3. The van der Waals surface area contributed by atoms with E-state index in [0.717, 1.165) is 11.1 Å². The number of hydrogen-bond acceptors (Lipinski definition) is 7. The number of anilines is 1. The van der Waals surface area contributed by atoms with Gasteiger partial charge in [0.05, 0.1) is 10.6 Å². The summed E-state index contributed by atoms with van der Waals surface area (Å²) < 4.78 is 11.4. The summed E-state index contributed by atoms with van der Waals surface area (Å²) in [7, 11) is 0. The molecule has 1 aliphatic heterocycles. The standard InChI is InChI=1S/C26H21Cl2N5O3/c1-15-3-4-17(11-16(15)2)23-13-21(31-36-23)25(34)32-7-9-33(10-8-32)26-22(14-29)30-24(35-26)19-6-5-18(27)12-20(19)28/h3-6,11-13H,7-10H2,1-2H3. The third kappa shape index (κ3) is 4.55. The summed E-state index contributed by atoms with van der Waals surface area (Å²) in [4.78, 5) is 21.0. The summed E-state index contributed by atoms with van der Waals surface area (Å²) in [6.07, 6.45) is 0. The lowest BCUT2D eigenvalue weighted by Gasteiger charge is -2.34. The van der Waals surface area contributed by atoms with Crippen LogP contribution in [0.25, 0.3) is 22.8 Å². The van der Waals surface area contributed by atoms with E-state index in [-0.39, 0.29) is 23.2 Å². The van der Waals surface area contributed by atoms with E-state index in [1.807, 2.05) is 36.9 Å². The monoisotopic (exact) mass is 521 g/mol. The molecule has 3 heterocycles. The zero-order chi connectivity index (χ0) is 25.4. The lowest BCUT2D eigenvalue weighted by Crippen LogP contribution is -2.49. The van der Waals surface area contributed by atoms with Gasteiger partial charge in [-0.15, -0.1) is 0 Å². The maximum absolute atomic E-state index is 13.1. The van der Waals surface area contributed by atoms with E-state index in [1.54, 1.807) is 29.2 Å². The molecule has 0 unspecified atom stereocenters. The highest BCUT2D eigenvalue weighted by molar-refractivity contribution is 6.36. The molecule has 36 heavy (non-hydrogen) atoms. The first kappa shape index (κ1) is 23.9. The molecule has 4 aromatic rings. The van der Waals surface area contributed by atoms with Crippen LogP contribution in [0.3, 0.4) is 0 Å². The number of aryl methyl sites for hydroxylation is 2. The zero-order valence-corrected chi connectivity index (χ0v) is 21.1. The molecule has 0 atom stereocenters. The number of benzene rings is 2. The maximum atomic E-state index is 13.1. The lowest BCUT2D eigenvalue weighted by molar-refractivity contribution is 0.0735. The van der Waals surface area contributed by atoms with Crippen LogP contribution in [0.4, 0.5) is 5.88 Å². The quantitative estimate of drug-likeness (QED) is 0.336. The molecule has 5 rings (SSSR count). The van der Waals surface area contributed by atoms with Crippen molar-refractivity contribution in [3.8, 4) is 28.8 Å². The zero-order valence-electron chi connectivity index (χ0n) is 19.6. The van der Waals surface area contributed by atoms with Gasteiger partial charge in [-0.2, -0.15) is 10.2 Å². The average Bonchev–Trinajstić information content (AvgIpc) is 3.53. The Morgan fingerprint density at radius 2 is 1.81 bits per heavy atom. The van der Waals surface area contributed by atoms with E-state index in [4.69, 9.17) is 32.1 Å². The van der Waals surface area contributed by atoms with Crippen molar-refractivity contribution in [1.29, 1.82) is 5.26 Å². The Morgan fingerprint density at radius 3 is 2.50 bits per heavy atom. The number of carbonyl (C=O) groups is 1. The molecule has 0 saturated carbocycles. The van der Waals surface area contributed by atoms with E-state index in [1.165, 1.54) is 5.56 Å². The highest BCUT2D eigenvalue weighted by Gasteiger charge is 2.29. The molecule has 2 aromatic heterocycles. The molecule has 8 nitrogen and oxygen atoms in total. The van der Waals surface area contributed by atoms with Gasteiger partial charge in [-0.3, -0.25) is 4.79 Å². The molecular weight excluding hydrogens is 501 g/mol. The van der Waals surface area contributed by atoms with Gasteiger partial charge in [-0.1, -0.05) is 40.5 Å². The van der Waals surface area contributed by atoms with Crippen molar-refractivity contribution < 1.29 is 13.7 Å². The minimum absolute atomic E-state index is 0.158. The van der Waals surface area contributed by atoms with Crippen molar-refractivity contribution in [1.82, 2.24) is 15.0 Å². The summed E-state index contributed by atoms with van der Waals surface area (Å²) in [6, 6.07) is 14.7. The molecule has 10 heteroatoms. The Hall–Kier alpha value is -3.80. The number of aromatic nitrogens is 2. The van der Waals surface area contributed by atoms with Crippen LogP contribution < -0.4 is 4.90 Å². The second kappa shape index (κ2) is 9.69. The predicted molar refractivity (Wildman–Crippen MR) is 136 cm³/mol. The van der Waals surface area contributed by atoms with Crippen LogP contribution in [0.5, 0.6) is 0 Å². The largest absolute Gasteiger partial charge is 0.419 e. The number of rotatable bonds is 4. The molecule has 1 saturated heterocycles. The van der Waals surface area contributed by atoms with Gasteiger partial charge in [0.1, 0.15) is 6.07 Å². The number of hydrogen-bond donors (Lipinski definition) is 0. The van der Waals surface area contributed by atoms with Gasteiger partial charge in [0.25, 0.3) is 5.91 Å². The van der Waals surface area contributed by atoms with E-state index in [0.29, 0.717) is 53.4 Å². The summed E-state index contributed by atoms with van der Waals surface area (Å²) in [5.41, 5.74) is 4.16. The number of halogens is 2. The SMILES string of the molecule is Cc1ccc(-c2cc(C(=O)N3CCN(c4oc(-c5ccc(Cl)cc5Cl)nc4C#N)CC3)no2)cc1C. The highest BCUT2D eigenvalue weighted by atomic mass is 35.5. The fourth-order valence-electron chi connectivity index (χ4n) is 4.06. The van der Waals surface area contributed by atoms with Crippen molar-refractivity contribution in [3.05, 3.63) is 75.0 Å². The third-order valence-corrected chi connectivity index (χ3v) is 6.80. The van der Waals surface area contributed by atoms with Crippen LogP contribution in [0, 0.1) is 25.2 Å². The molecule has 0 aliphatic carbocycles. The first-order chi connectivity index (χ1) is 17.3. The Kier molecular flexibility index (Phi) is 6.44. The Balaban J connectivity index is 1.29. The second-order valence-corrected chi connectivity index (χ2v) is 9.41. The Labute approximate surface area is 217 Å². The number of piperazine rings is 1. The van der Waals surface area contributed by atoms with Gasteiger partial charge in [0, 0.05) is 42.8 Å². The van der Waals surface area contributed by atoms with Gasteiger partial charge in [0.15, 0.2) is 11.5 Å². The summed E-state index contributed by atoms with van der Waals surface area (Å²) in [5, 5.41) is 14.5. The summed E-state index contributed by atoms with van der Waals surface area (Å²) in [6.45, 7) is 5.84. The maximum Gasteiger partial charge on any atom is 0.276 e. The highest BCUT2D eigenvalue weighted by Crippen LogP contribution is 2.34. The van der Waals surface area contributed by atoms with E-state index in [9.17, 15) is 10.1 Å². The van der Waals surface area contributed by atoms with Gasteiger partial charge in [-0.05, 0) is 49.2 Å². The van der Waals surface area contributed by atoms with Crippen LogP contribution >= 0.6 is 23.2 Å². The normalized spacial score (nSPS) is 13.6. The lowest BCUT2D eigenvalue weighted by atomic mass is 10.0. The molecule has 1 aliphatic rings. The topological polar surface area (TPSA) is 99.4 Å². The van der Waals surface area contributed by atoms with Gasteiger partial charge in [0.2, 0.25) is 17.5 Å². The molecule has 182 valence electrons. The van der Waals surface area contributed by atoms with Gasteiger partial charge >= 0.3 is 0 Å². The first-order valence-electron chi connectivity index (χ1n) is 11.3. The van der Waals surface area contributed by atoms with Crippen molar-refractivity contribution in [2.75, 3.05) is 31.1 Å². The van der Waals surface area contributed by atoms with Crippen LogP contribution in [0.15, 0.2) is 51.4 Å². The van der Waals surface area contributed by atoms with Crippen molar-refractivity contribution >= 4 is 35.0 Å². The predicted octanol–water partition coefficient (Wildman–Crippen LogP) is 5.75. The number of oxazole rings is 1. The molecule has 2 aromatic carbocycles. The van der Waals surface area contributed by atoms with Gasteiger partial charge < -0.3 is 18.7 Å². The van der Waals surface area contributed by atoms with Crippen LogP contribution in [-0.2, 0) is 0 Å². The number of nitriles is 1. The Bertz CT molecular complexity index is 1500. The average molecular weight is 522 g/mol. The van der Waals surface area contributed by atoms with Gasteiger partial charge in [-0.25, -0.2) is 0 Å². The van der Waals surface area contributed by atoms with E-state index >= 15 is 0 Å². The molecule has 1 amide bonds. The van der Waals surface area contributed by atoms with E-state index in [2.05, 4.69) is 16.2 Å². The van der Waals surface area contributed by atoms with Crippen LogP contribution in [0.1, 0.15) is 27.3 Å². The molecule has 0 spiro atoms. The Morgan fingerprint density at radius 1 is 1.03 bits per heavy atom. The fraction of sp³-hybridized carbons (Fsp3) is 0.231. The third-order valence-electron chi connectivity index (χ3n) is 6.25. The second-order valence-electron chi connectivity index (χ2n) is 8.56. The van der Waals surface area contributed by atoms with Crippen LogP contribution in [-0.4, -0.2) is 47.1 Å². The van der Waals surface area contributed by atoms with Crippen LogP contribution in [0.2, 0.25) is 10.0 Å². The van der Waals surface area contributed by atoms with E-state index < -0.39 is 0 Å². The minimum Gasteiger partial charge on any atom is -0.419 e. The fourth-order valence-corrected chi connectivity index (χ4v) is 4.55. The number of nitrogens with zero attached hydrogens (tertiary/aromatic N) is 5. The molecular formula is C26H21Cl2N5O3. The number of carbonyl (C=O) groups excluding carboxylic acids is 1. The molecule has 0 bridgehead atoms.